The lowest BCUT2D eigenvalue weighted by Gasteiger charge is -2.08. The number of rotatable bonds is 8. The molecule has 0 aromatic heterocycles. The average molecular weight is 356 g/mol. The Labute approximate surface area is 139 Å². The molecule has 8 heteroatoms. The highest BCUT2D eigenvalue weighted by Crippen LogP contribution is 2.14. The number of primary sulfonamides is 1. The summed E-state index contributed by atoms with van der Waals surface area (Å²) in [5.41, 5.74) is 1.93. The first-order chi connectivity index (χ1) is 11.3. The van der Waals surface area contributed by atoms with Gasteiger partial charge in [0.25, 0.3) is 0 Å². The van der Waals surface area contributed by atoms with Crippen LogP contribution in [0.5, 0.6) is 5.75 Å². The molecule has 0 aliphatic heterocycles. The van der Waals surface area contributed by atoms with Crippen LogP contribution in [0.3, 0.4) is 0 Å². The second-order valence-electron chi connectivity index (χ2n) is 5.14. The van der Waals surface area contributed by atoms with Gasteiger partial charge in [0.15, 0.2) is 0 Å². The maximum Gasteiger partial charge on any atom is 0.387 e. The Morgan fingerprint density at radius 2 is 1.58 bits per heavy atom. The number of hydrogen-bond acceptors (Lipinski definition) is 4. The zero-order valence-corrected chi connectivity index (χ0v) is 13.6. The smallest absolute Gasteiger partial charge is 0.387 e. The summed E-state index contributed by atoms with van der Waals surface area (Å²) in [6.07, 6.45) is 0.720. The van der Waals surface area contributed by atoms with Crippen molar-refractivity contribution in [3.8, 4) is 5.75 Å². The van der Waals surface area contributed by atoms with E-state index in [4.69, 9.17) is 5.14 Å². The van der Waals surface area contributed by atoms with Gasteiger partial charge in [0.1, 0.15) is 5.75 Å². The van der Waals surface area contributed by atoms with Gasteiger partial charge in [0.2, 0.25) is 10.0 Å². The van der Waals surface area contributed by atoms with Gasteiger partial charge in [0, 0.05) is 6.54 Å². The summed E-state index contributed by atoms with van der Waals surface area (Å²) >= 11 is 0. The van der Waals surface area contributed by atoms with E-state index in [2.05, 4.69) is 10.1 Å². The molecular weight excluding hydrogens is 338 g/mol. The Morgan fingerprint density at radius 3 is 2.12 bits per heavy atom. The lowest BCUT2D eigenvalue weighted by molar-refractivity contribution is -0.0498. The van der Waals surface area contributed by atoms with E-state index in [1.807, 2.05) is 0 Å². The molecule has 0 saturated heterocycles. The molecule has 2 aromatic carbocycles. The lowest BCUT2D eigenvalue weighted by Crippen LogP contribution is -2.17. The topological polar surface area (TPSA) is 81.4 Å². The van der Waals surface area contributed by atoms with Crippen molar-refractivity contribution in [2.75, 3.05) is 6.54 Å². The normalized spacial score (nSPS) is 11.7. The number of halogens is 2. The van der Waals surface area contributed by atoms with E-state index in [1.165, 1.54) is 24.3 Å². The Balaban J connectivity index is 1.76. The molecule has 130 valence electrons. The first-order valence-electron chi connectivity index (χ1n) is 7.21. The fourth-order valence-corrected chi connectivity index (χ4v) is 2.62. The molecule has 3 N–H and O–H groups in total. The fraction of sp³-hybridized carbons (Fsp3) is 0.250. The van der Waals surface area contributed by atoms with Gasteiger partial charge >= 0.3 is 6.61 Å². The molecule has 0 amide bonds. The zero-order chi connectivity index (χ0) is 17.6. The van der Waals surface area contributed by atoms with Crippen molar-refractivity contribution in [3.63, 3.8) is 0 Å². The zero-order valence-electron chi connectivity index (χ0n) is 12.8. The third kappa shape index (κ3) is 5.88. The molecule has 0 saturated carbocycles. The Bertz CT molecular complexity index is 748. The molecule has 24 heavy (non-hydrogen) atoms. The van der Waals surface area contributed by atoms with Crippen molar-refractivity contribution >= 4 is 10.0 Å². The molecule has 0 unspecified atom stereocenters. The highest BCUT2D eigenvalue weighted by atomic mass is 32.2. The summed E-state index contributed by atoms with van der Waals surface area (Å²) in [4.78, 5) is 0.0883. The third-order valence-corrected chi connectivity index (χ3v) is 4.25. The molecule has 0 aliphatic carbocycles. The highest BCUT2D eigenvalue weighted by Gasteiger charge is 2.06. The minimum Gasteiger partial charge on any atom is -0.435 e. The van der Waals surface area contributed by atoms with Crippen molar-refractivity contribution < 1.29 is 21.9 Å². The van der Waals surface area contributed by atoms with Gasteiger partial charge in [-0.2, -0.15) is 8.78 Å². The molecule has 2 aromatic rings. The minimum atomic E-state index is -3.66. The third-order valence-electron chi connectivity index (χ3n) is 3.32. The molecule has 0 heterocycles. The maximum atomic E-state index is 12.0. The predicted octanol–water partition coefficient (Wildman–Crippen LogP) is 2.27. The van der Waals surface area contributed by atoms with E-state index in [9.17, 15) is 17.2 Å². The van der Waals surface area contributed by atoms with Crippen molar-refractivity contribution in [2.45, 2.75) is 24.5 Å². The molecule has 0 fully saturated rings. The Hall–Kier alpha value is -2.03. The SMILES string of the molecule is NS(=O)(=O)c1ccc(CCNCc2ccc(OC(F)F)cc2)cc1. The van der Waals surface area contributed by atoms with Crippen molar-refractivity contribution in [3.05, 3.63) is 59.7 Å². The highest BCUT2D eigenvalue weighted by molar-refractivity contribution is 7.89. The first-order valence-corrected chi connectivity index (χ1v) is 8.75. The van der Waals surface area contributed by atoms with Crippen LogP contribution >= 0.6 is 0 Å². The molecular formula is C16H18F2N2O3S. The van der Waals surface area contributed by atoms with Gasteiger partial charge in [-0.15, -0.1) is 0 Å². The number of hydrogen-bond donors (Lipinski definition) is 2. The van der Waals surface area contributed by atoms with Crippen LogP contribution in [0.25, 0.3) is 0 Å². The summed E-state index contributed by atoms with van der Waals surface area (Å²) in [6, 6.07) is 12.8. The van der Waals surface area contributed by atoms with E-state index >= 15 is 0 Å². The van der Waals surface area contributed by atoms with Crippen LogP contribution in [-0.2, 0) is 23.0 Å². The van der Waals surface area contributed by atoms with Crippen LogP contribution in [-0.4, -0.2) is 21.6 Å². The summed E-state index contributed by atoms with van der Waals surface area (Å²) in [5.74, 6) is 0.128. The Morgan fingerprint density at radius 1 is 1.00 bits per heavy atom. The predicted molar refractivity (Wildman–Crippen MR) is 86.3 cm³/mol. The molecule has 0 atom stereocenters. The summed E-state index contributed by atoms with van der Waals surface area (Å²) < 4.78 is 50.7. The van der Waals surface area contributed by atoms with E-state index in [0.29, 0.717) is 13.1 Å². The average Bonchev–Trinajstić information content (AvgIpc) is 2.52. The van der Waals surface area contributed by atoms with Gasteiger partial charge in [-0.05, 0) is 48.4 Å². The first kappa shape index (κ1) is 18.3. The van der Waals surface area contributed by atoms with E-state index in [-0.39, 0.29) is 10.6 Å². The largest absolute Gasteiger partial charge is 0.435 e. The monoisotopic (exact) mass is 356 g/mol. The molecule has 0 aliphatic rings. The van der Waals surface area contributed by atoms with E-state index in [1.54, 1.807) is 24.3 Å². The van der Waals surface area contributed by atoms with Crippen molar-refractivity contribution in [2.24, 2.45) is 5.14 Å². The van der Waals surface area contributed by atoms with Crippen LogP contribution < -0.4 is 15.2 Å². The van der Waals surface area contributed by atoms with Crippen LogP contribution in [0.15, 0.2) is 53.4 Å². The van der Waals surface area contributed by atoms with Gasteiger partial charge in [-0.1, -0.05) is 24.3 Å². The molecule has 5 nitrogen and oxygen atoms in total. The quantitative estimate of drug-likeness (QED) is 0.711. The number of benzene rings is 2. The second kappa shape index (κ2) is 8.18. The van der Waals surface area contributed by atoms with Crippen molar-refractivity contribution in [1.82, 2.24) is 5.32 Å². The van der Waals surface area contributed by atoms with Crippen LogP contribution in [0.2, 0.25) is 0 Å². The number of nitrogens with two attached hydrogens (primary N) is 1. The second-order valence-corrected chi connectivity index (χ2v) is 6.70. The lowest BCUT2D eigenvalue weighted by atomic mass is 10.1. The number of ether oxygens (including phenoxy) is 1. The fourth-order valence-electron chi connectivity index (χ4n) is 2.10. The van der Waals surface area contributed by atoms with E-state index < -0.39 is 16.6 Å². The summed E-state index contributed by atoms with van der Waals surface area (Å²) in [5, 5.41) is 8.26. The number of alkyl halides is 2. The summed E-state index contributed by atoms with van der Waals surface area (Å²) in [6.45, 7) is -1.55. The maximum absolute atomic E-state index is 12.0. The van der Waals surface area contributed by atoms with E-state index in [0.717, 1.165) is 17.5 Å². The standard InChI is InChI=1S/C16H18F2N2O3S/c17-16(18)23-14-5-1-13(2-6-14)11-20-10-9-12-3-7-15(8-4-12)24(19,21)22/h1-8,16,20H,9-11H2,(H2,19,21,22). The number of sulfonamides is 1. The number of nitrogens with one attached hydrogen (secondary N) is 1. The molecule has 2 rings (SSSR count). The summed E-state index contributed by atoms with van der Waals surface area (Å²) in [7, 11) is -3.66. The minimum absolute atomic E-state index is 0.0883. The van der Waals surface area contributed by atoms with Crippen LogP contribution in [0.1, 0.15) is 11.1 Å². The van der Waals surface area contributed by atoms with Crippen LogP contribution in [0.4, 0.5) is 8.78 Å². The molecule has 0 radical (unpaired) electrons. The van der Waals surface area contributed by atoms with Gasteiger partial charge in [-0.25, -0.2) is 13.6 Å². The van der Waals surface area contributed by atoms with Gasteiger partial charge < -0.3 is 10.1 Å². The molecule has 0 bridgehead atoms. The van der Waals surface area contributed by atoms with Gasteiger partial charge in [0.05, 0.1) is 4.90 Å². The Kier molecular flexibility index (Phi) is 6.24. The van der Waals surface area contributed by atoms with Gasteiger partial charge in [-0.3, -0.25) is 0 Å². The van der Waals surface area contributed by atoms with Crippen molar-refractivity contribution in [1.29, 1.82) is 0 Å². The molecule has 0 spiro atoms. The van der Waals surface area contributed by atoms with Crippen LogP contribution in [0, 0.1) is 0 Å².